The summed E-state index contributed by atoms with van der Waals surface area (Å²) < 4.78 is 4.82. The van der Waals surface area contributed by atoms with E-state index in [1.807, 2.05) is 12.1 Å². The molecular formula is C17H15Cl2N5O2. The fourth-order valence-corrected chi connectivity index (χ4v) is 2.56. The maximum absolute atomic E-state index is 12.3. The third-order valence-corrected chi connectivity index (χ3v) is 4.03. The van der Waals surface area contributed by atoms with E-state index in [-0.39, 0.29) is 11.8 Å². The number of nitrogen functional groups attached to an aromatic ring is 1. The number of nitrogens with two attached hydrogens (primary N) is 1. The summed E-state index contributed by atoms with van der Waals surface area (Å²) >= 11 is 11.7. The Morgan fingerprint density at radius 2 is 1.69 bits per heavy atom. The maximum atomic E-state index is 12.3. The summed E-state index contributed by atoms with van der Waals surface area (Å²) in [6.45, 7) is 0. The van der Waals surface area contributed by atoms with E-state index < -0.39 is 12.1 Å². The van der Waals surface area contributed by atoms with Gasteiger partial charge < -0.3 is 20.9 Å². The van der Waals surface area contributed by atoms with Crippen LogP contribution in [0.5, 0.6) is 0 Å². The number of benzene rings is 2. The number of aromatic nitrogens is 2. The van der Waals surface area contributed by atoms with E-state index in [1.54, 1.807) is 36.4 Å². The summed E-state index contributed by atoms with van der Waals surface area (Å²) in [5.74, 6) is 0.281. The van der Waals surface area contributed by atoms with Gasteiger partial charge in [-0.05, 0) is 42.0 Å². The Bertz CT molecular complexity index is 881. The summed E-state index contributed by atoms with van der Waals surface area (Å²) in [5, 5.41) is 10.6. The lowest BCUT2D eigenvalue weighted by Crippen LogP contribution is -2.34. The van der Waals surface area contributed by atoms with Crippen LogP contribution in [0.2, 0.25) is 10.0 Å². The lowest BCUT2D eigenvalue weighted by Gasteiger charge is -2.16. The Morgan fingerprint density at radius 1 is 1.08 bits per heavy atom. The molecule has 3 rings (SSSR count). The number of anilines is 2. The Morgan fingerprint density at radius 3 is 2.27 bits per heavy atom. The second kappa shape index (κ2) is 8.07. The van der Waals surface area contributed by atoms with E-state index in [4.69, 9.17) is 33.5 Å². The average Bonchev–Trinajstić information content (AvgIpc) is 3.05. The zero-order chi connectivity index (χ0) is 18.5. The van der Waals surface area contributed by atoms with Gasteiger partial charge in [0.25, 0.3) is 0 Å². The van der Waals surface area contributed by atoms with Crippen LogP contribution in [-0.4, -0.2) is 16.2 Å². The highest BCUT2D eigenvalue weighted by molar-refractivity contribution is 6.30. The Balaban J connectivity index is 1.73. The molecule has 1 heterocycles. The van der Waals surface area contributed by atoms with Gasteiger partial charge in [0, 0.05) is 22.2 Å². The molecule has 0 spiro atoms. The summed E-state index contributed by atoms with van der Waals surface area (Å²) in [6, 6.07) is 13.0. The third-order valence-electron chi connectivity index (χ3n) is 3.53. The van der Waals surface area contributed by atoms with Crippen LogP contribution in [0.3, 0.4) is 0 Å². The number of carbonyl (C=O) groups is 1. The van der Waals surface area contributed by atoms with E-state index in [1.165, 1.54) is 0 Å². The molecule has 1 unspecified atom stereocenters. The average molecular weight is 392 g/mol. The number of rotatable bonds is 5. The van der Waals surface area contributed by atoms with E-state index in [0.717, 1.165) is 5.56 Å². The highest BCUT2D eigenvalue weighted by Gasteiger charge is 2.21. The molecule has 0 aliphatic carbocycles. The lowest BCUT2D eigenvalue weighted by atomic mass is 10.1. The minimum atomic E-state index is -0.537. The summed E-state index contributed by atoms with van der Waals surface area (Å²) in [6.07, 6.45) is 0.435. The number of nitrogens with one attached hydrogen (secondary N) is 2. The molecule has 0 aliphatic heterocycles. The van der Waals surface area contributed by atoms with Crippen molar-refractivity contribution < 1.29 is 9.32 Å². The predicted molar refractivity (Wildman–Crippen MR) is 100 cm³/mol. The number of hydrogen-bond acceptors (Lipinski definition) is 5. The first-order valence-electron chi connectivity index (χ1n) is 7.66. The van der Waals surface area contributed by atoms with Gasteiger partial charge in [-0.25, -0.2) is 4.79 Å². The molecule has 2 amide bonds. The zero-order valence-corrected chi connectivity index (χ0v) is 15.0. The van der Waals surface area contributed by atoms with Gasteiger partial charge in [0.05, 0.1) is 6.04 Å². The molecule has 1 atom stereocenters. The van der Waals surface area contributed by atoms with Crippen molar-refractivity contribution in [1.82, 2.24) is 15.5 Å². The van der Waals surface area contributed by atoms with Crippen LogP contribution in [0.25, 0.3) is 0 Å². The minimum absolute atomic E-state index is 0.0685. The first-order valence-corrected chi connectivity index (χ1v) is 8.42. The molecule has 0 saturated carbocycles. The van der Waals surface area contributed by atoms with Crippen LogP contribution in [0.1, 0.15) is 17.4 Å². The second-order valence-corrected chi connectivity index (χ2v) is 6.35. The van der Waals surface area contributed by atoms with Gasteiger partial charge >= 0.3 is 12.0 Å². The van der Waals surface area contributed by atoms with Gasteiger partial charge in [-0.15, -0.1) is 0 Å². The van der Waals surface area contributed by atoms with Crippen LogP contribution < -0.4 is 16.4 Å². The molecule has 0 fully saturated rings. The van der Waals surface area contributed by atoms with E-state index in [2.05, 4.69) is 20.8 Å². The first-order chi connectivity index (χ1) is 12.5. The molecule has 26 heavy (non-hydrogen) atoms. The Hall–Kier alpha value is -2.77. The number of urea groups is 1. The van der Waals surface area contributed by atoms with Gasteiger partial charge in [0.15, 0.2) is 5.82 Å². The third kappa shape index (κ3) is 4.87. The van der Waals surface area contributed by atoms with Crippen LogP contribution in [0.15, 0.2) is 53.1 Å². The van der Waals surface area contributed by atoms with Crippen molar-refractivity contribution in [2.24, 2.45) is 0 Å². The molecule has 9 heteroatoms. The van der Waals surface area contributed by atoms with Gasteiger partial charge in [-0.2, -0.15) is 4.98 Å². The van der Waals surface area contributed by atoms with Crippen molar-refractivity contribution in [2.45, 2.75) is 12.5 Å². The topological polar surface area (TPSA) is 106 Å². The SMILES string of the molecule is Nc1nc(C(Cc2ccc(Cl)cc2)NC(=O)Nc2ccc(Cl)cc2)no1. The van der Waals surface area contributed by atoms with Gasteiger partial charge in [-0.3, -0.25) is 0 Å². The molecule has 7 nitrogen and oxygen atoms in total. The Kier molecular flexibility index (Phi) is 5.60. The zero-order valence-electron chi connectivity index (χ0n) is 13.4. The standard InChI is InChI=1S/C17H15Cl2N5O2/c18-11-3-1-10(2-4-11)9-14(15-23-16(20)26-24-15)22-17(25)21-13-7-5-12(19)6-8-13/h1-8,14H,9H2,(H2,20,23,24)(H2,21,22,25). The molecule has 4 N–H and O–H groups in total. The van der Waals surface area contributed by atoms with Crippen molar-refractivity contribution in [3.05, 3.63) is 70.0 Å². The molecule has 1 aromatic heterocycles. The fraction of sp³-hybridized carbons (Fsp3) is 0.118. The number of halogens is 2. The predicted octanol–water partition coefficient (Wildman–Crippen LogP) is 4.06. The Labute approximate surface area is 159 Å². The molecule has 2 aromatic carbocycles. The van der Waals surface area contributed by atoms with E-state index >= 15 is 0 Å². The molecular weight excluding hydrogens is 377 g/mol. The van der Waals surface area contributed by atoms with E-state index in [0.29, 0.717) is 22.2 Å². The first kappa shape index (κ1) is 18.0. The fourth-order valence-electron chi connectivity index (χ4n) is 2.31. The van der Waals surface area contributed by atoms with Gasteiger partial charge in [-0.1, -0.05) is 40.5 Å². The smallest absolute Gasteiger partial charge is 0.319 e. The van der Waals surface area contributed by atoms with Crippen LogP contribution in [-0.2, 0) is 6.42 Å². The summed E-state index contributed by atoms with van der Waals surface area (Å²) in [4.78, 5) is 16.3. The molecule has 0 radical (unpaired) electrons. The van der Waals surface area contributed by atoms with Gasteiger partial charge in [0.2, 0.25) is 0 Å². The molecule has 3 aromatic rings. The molecule has 0 bridgehead atoms. The van der Waals surface area contributed by atoms with Crippen LogP contribution in [0.4, 0.5) is 16.5 Å². The van der Waals surface area contributed by atoms with Crippen molar-refractivity contribution in [2.75, 3.05) is 11.1 Å². The summed E-state index contributed by atoms with van der Waals surface area (Å²) in [7, 11) is 0. The van der Waals surface area contributed by atoms with E-state index in [9.17, 15) is 4.79 Å². The minimum Gasteiger partial charge on any atom is -0.351 e. The summed E-state index contributed by atoms with van der Waals surface area (Å²) in [5.41, 5.74) is 7.04. The number of nitrogens with zero attached hydrogens (tertiary/aromatic N) is 2. The number of carbonyl (C=O) groups excluding carboxylic acids is 1. The molecule has 134 valence electrons. The van der Waals surface area contributed by atoms with Gasteiger partial charge in [0.1, 0.15) is 0 Å². The van der Waals surface area contributed by atoms with Crippen LogP contribution in [0, 0.1) is 0 Å². The largest absolute Gasteiger partial charge is 0.351 e. The highest BCUT2D eigenvalue weighted by Crippen LogP contribution is 2.19. The van der Waals surface area contributed by atoms with Crippen molar-refractivity contribution in [3.63, 3.8) is 0 Å². The van der Waals surface area contributed by atoms with Crippen LogP contribution >= 0.6 is 23.2 Å². The van der Waals surface area contributed by atoms with Crippen molar-refractivity contribution in [1.29, 1.82) is 0 Å². The lowest BCUT2D eigenvalue weighted by molar-refractivity contribution is 0.247. The monoisotopic (exact) mass is 391 g/mol. The number of hydrogen-bond donors (Lipinski definition) is 3. The quantitative estimate of drug-likeness (QED) is 0.607. The number of amides is 2. The van der Waals surface area contributed by atoms with Crippen molar-refractivity contribution >= 4 is 40.9 Å². The normalized spacial score (nSPS) is 11.8. The molecule has 0 aliphatic rings. The maximum Gasteiger partial charge on any atom is 0.319 e. The second-order valence-electron chi connectivity index (χ2n) is 5.48. The molecule has 0 saturated heterocycles. The van der Waals surface area contributed by atoms with Crippen molar-refractivity contribution in [3.8, 4) is 0 Å². The highest BCUT2D eigenvalue weighted by atomic mass is 35.5.